The maximum Gasteiger partial charge on any atom is 0.257 e. The molecule has 0 aliphatic carbocycles. The fourth-order valence-electron chi connectivity index (χ4n) is 2.35. The SMILES string of the molecule is CN1Cc2c(C(N)=S)ncn2-c2cccc(Cl)c2C1=O. The van der Waals surface area contributed by atoms with Crippen LogP contribution in [-0.4, -0.2) is 32.4 Å². The van der Waals surface area contributed by atoms with Gasteiger partial charge in [0.1, 0.15) is 17.0 Å². The zero-order chi connectivity index (χ0) is 14.4. The quantitative estimate of drug-likeness (QED) is 0.815. The second-order valence-electron chi connectivity index (χ2n) is 4.57. The van der Waals surface area contributed by atoms with Gasteiger partial charge in [-0.15, -0.1) is 0 Å². The van der Waals surface area contributed by atoms with Gasteiger partial charge in [0.05, 0.1) is 28.5 Å². The topological polar surface area (TPSA) is 64.2 Å². The number of fused-ring (bicyclic) bond motifs is 3. The Labute approximate surface area is 126 Å². The van der Waals surface area contributed by atoms with E-state index < -0.39 is 0 Å². The lowest BCUT2D eigenvalue weighted by molar-refractivity contribution is 0.0788. The molecule has 0 spiro atoms. The van der Waals surface area contributed by atoms with Gasteiger partial charge < -0.3 is 10.6 Å². The Hall–Kier alpha value is -1.92. The Balaban J connectivity index is 2.35. The number of benzene rings is 1. The Kier molecular flexibility index (Phi) is 2.99. The molecule has 1 aliphatic rings. The number of hydrogen-bond acceptors (Lipinski definition) is 3. The fourth-order valence-corrected chi connectivity index (χ4v) is 2.77. The molecule has 0 saturated carbocycles. The summed E-state index contributed by atoms with van der Waals surface area (Å²) in [7, 11) is 1.71. The molecule has 5 nitrogen and oxygen atoms in total. The van der Waals surface area contributed by atoms with Crippen molar-refractivity contribution in [1.29, 1.82) is 0 Å². The van der Waals surface area contributed by atoms with E-state index in [1.165, 1.54) is 0 Å². The van der Waals surface area contributed by atoms with Crippen molar-refractivity contribution in [2.45, 2.75) is 6.54 Å². The van der Waals surface area contributed by atoms with Crippen LogP contribution in [0.15, 0.2) is 24.5 Å². The van der Waals surface area contributed by atoms with Crippen LogP contribution in [0.2, 0.25) is 5.02 Å². The number of nitrogens with two attached hydrogens (primary N) is 1. The van der Waals surface area contributed by atoms with Gasteiger partial charge in [0.2, 0.25) is 0 Å². The number of rotatable bonds is 1. The Morgan fingerprint density at radius 3 is 2.95 bits per heavy atom. The summed E-state index contributed by atoms with van der Waals surface area (Å²) in [5.74, 6) is -0.136. The van der Waals surface area contributed by atoms with E-state index in [0.717, 1.165) is 5.69 Å². The van der Waals surface area contributed by atoms with Gasteiger partial charge in [-0.2, -0.15) is 0 Å². The summed E-state index contributed by atoms with van der Waals surface area (Å²) in [6.07, 6.45) is 1.62. The number of thiocarbonyl (C=S) groups is 1. The second kappa shape index (κ2) is 4.57. The number of aromatic nitrogens is 2. The molecule has 2 heterocycles. The summed E-state index contributed by atoms with van der Waals surface area (Å²) >= 11 is 11.2. The van der Waals surface area contributed by atoms with Gasteiger partial charge in [0.15, 0.2) is 0 Å². The van der Waals surface area contributed by atoms with Crippen molar-refractivity contribution >= 4 is 34.7 Å². The largest absolute Gasteiger partial charge is 0.388 e. The zero-order valence-corrected chi connectivity index (χ0v) is 12.2. The average molecular weight is 307 g/mol. The molecule has 1 aromatic heterocycles. The molecule has 1 aromatic carbocycles. The van der Waals surface area contributed by atoms with Crippen molar-refractivity contribution in [2.24, 2.45) is 5.73 Å². The van der Waals surface area contributed by atoms with E-state index in [9.17, 15) is 4.79 Å². The summed E-state index contributed by atoms with van der Waals surface area (Å²) in [6.45, 7) is 0.372. The molecule has 102 valence electrons. The van der Waals surface area contributed by atoms with Gasteiger partial charge in [-0.05, 0) is 12.1 Å². The molecule has 1 aliphatic heterocycles. The highest BCUT2D eigenvalue weighted by Gasteiger charge is 2.28. The third-order valence-electron chi connectivity index (χ3n) is 3.30. The van der Waals surface area contributed by atoms with Gasteiger partial charge in [0.25, 0.3) is 5.91 Å². The van der Waals surface area contributed by atoms with Crippen LogP contribution in [0.1, 0.15) is 21.7 Å². The first-order valence-electron chi connectivity index (χ1n) is 5.91. The van der Waals surface area contributed by atoms with Crippen LogP contribution in [0.25, 0.3) is 5.69 Å². The highest BCUT2D eigenvalue weighted by molar-refractivity contribution is 7.80. The smallest absolute Gasteiger partial charge is 0.257 e. The summed E-state index contributed by atoms with van der Waals surface area (Å²) in [4.78, 5) is 18.5. The maximum atomic E-state index is 12.4. The number of nitrogens with zero attached hydrogens (tertiary/aromatic N) is 3. The van der Waals surface area contributed by atoms with E-state index in [4.69, 9.17) is 29.6 Å². The Bertz CT molecular complexity index is 740. The number of imidazole rings is 1. The maximum absolute atomic E-state index is 12.4. The standard InChI is InChI=1S/C13H11ClN4OS/c1-17-5-9-11(12(15)20)16-6-18(9)8-4-2-3-7(14)10(8)13(17)19/h2-4,6H,5H2,1H3,(H2,15,20). The monoisotopic (exact) mass is 306 g/mol. The Morgan fingerprint density at radius 2 is 2.25 bits per heavy atom. The average Bonchev–Trinajstić information content (AvgIpc) is 2.77. The third-order valence-corrected chi connectivity index (χ3v) is 3.81. The predicted molar refractivity (Wildman–Crippen MR) is 80.3 cm³/mol. The molecule has 1 amide bonds. The first kappa shape index (κ1) is 13.1. The third kappa shape index (κ3) is 1.80. The highest BCUT2D eigenvalue weighted by atomic mass is 35.5. The lowest BCUT2D eigenvalue weighted by atomic mass is 10.1. The van der Waals surface area contributed by atoms with Crippen molar-refractivity contribution in [3.8, 4) is 5.69 Å². The minimum absolute atomic E-state index is 0.136. The molecule has 2 aromatic rings. The lowest BCUT2D eigenvalue weighted by Gasteiger charge is -2.15. The minimum atomic E-state index is -0.136. The number of carbonyl (C=O) groups is 1. The molecular formula is C13H11ClN4OS. The van der Waals surface area contributed by atoms with Crippen molar-refractivity contribution in [2.75, 3.05) is 7.05 Å². The van der Waals surface area contributed by atoms with Gasteiger partial charge in [-0.3, -0.25) is 9.36 Å². The summed E-state index contributed by atoms with van der Waals surface area (Å²) < 4.78 is 1.82. The van der Waals surface area contributed by atoms with Crippen LogP contribution < -0.4 is 5.73 Å². The highest BCUT2D eigenvalue weighted by Crippen LogP contribution is 2.30. The van der Waals surface area contributed by atoms with E-state index in [0.29, 0.717) is 28.5 Å². The van der Waals surface area contributed by atoms with Gasteiger partial charge >= 0.3 is 0 Å². The molecule has 2 N–H and O–H groups in total. The molecule has 3 rings (SSSR count). The minimum Gasteiger partial charge on any atom is -0.388 e. The van der Waals surface area contributed by atoms with Crippen LogP contribution in [0.5, 0.6) is 0 Å². The summed E-state index contributed by atoms with van der Waals surface area (Å²) in [5.41, 5.74) is 8.16. The first-order chi connectivity index (χ1) is 9.50. The van der Waals surface area contributed by atoms with Crippen LogP contribution >= 0.6 is 23.8 Å². The lowest BCUT2D eigenvalue weighted by Crippen LogP contribution is -2.26. The van der Waals surface area contributed by atoms with Gasteiger partial charge in [0, 0.05) is 7.05 Å². The summed E-state index contributed by atoms with van der Waals surface area (Å²) in [5, 5.41) is 0.415. The van der Waals surface area contributed by atoms with E-state index in [1.807, 2.05) is 10.6 Å². The number of hydrogen-bond donors (Lipinski definition) is 1. The van der Waals surface area contributed by atoms with Gasteiger partial charge in [-0.25, -0.2) is 4.98 Å². The van der Waals surface area contributed by atoms with E-state index >= 15 is 0 Å². The number of carbonyl (C=O) groups excluding carboxylic acids is 1. The zero-order valence-electron chi connectivity index (χ0n) is 10.6. The van der Waals surface area contributed by atoms with Crippen LogP contribution in [-0.2, 0) is 6.54 Å². The normalized spacial score (nSPS) is 13.7. The second-order valence-corrected chi connectivity index (χ2v) is 5.42. The van der Waals surface area contributed by atoms with Gasteiger partial charge in [-0.1, -0.05) is 29.9 Å². The number of amides is 1. The first-order valence-corrected chi connectivity index (χ1v) is 6.69. The fraction of sp³-hybridized carbons (Fsp3) is 0.154. The number of halogens is 1. The van der Waals surface area contributed by atoms with Crippen molar-refractivity contribution in [3.63, 3.8) is 0 Å². The van der Waals surface area contributed by atoms with Crippen LogP contribution in [0, 0.1) is 0 Å². The predicted octanol–water partition coefficient (Wildman–Crippen LogP) is 1.75. The van der Waals surface area contributed by atoms with Crippen molar-refractivity contribution in [3.05, 3.63) is 46.5 Å². The molecule has 0 fully saturated rings. The van der Waals surface area contributed by atoms with Crippen LogP contribution in [0.4, 0.5) is 0 Å². The molecule has 0 unspecified atom stereocenters. The molecule has 0 radical (unpaired) electrons. The molecule has 0 bridgehead atoms. The molecule has 20 heavy (non-hydrogen) atoms. The van der Waals surface area contributed by atoms with Crippen molar-refractivity contribution in [1.82, 2.24) is 14.5 Å². The van der Waals surface area contributed by atoms with E-state index in [2.05, 4.69) is 4.98 Å². The molecule has 7 heteroatoms. The molecular weight excluding hydrogens is 296 g/mol. The Morgan fingerprint density at radius 1 is 1.50 bits per heavy atom. The molecule has 0 atom stereocenters. The summed E-state index contributed by atoms with van der Waals surface area (Å²) in [6, 6.07) is 5.32. The van der Waals surface area contributed by atoms with E-state index in [-0.39, 0.29) is 10.9 Å². The molecule has 0 saturated heterocycles. The van der Waals surface area contributed by atoms with Crippen LogP contribution in [0.3, 0.4) is 0 Å². The van der Waals surface area contributed by atoms with Crippen molar-refractivity contribution < 1.29 is 4.79 Å². The van der Waals surface area contributed by atoms with E-state index in [1.54, 1.807) is 30.4 Å².